The maximum absolute atomic E-state index is 2.22. The second-order valence-corrected chi connectivity index (χ2v) is 4.10. The molecule has 0 saturated carbocycles. The second kappa shape index (κ2) is 4.84. The molecule has 0 radical (unpaired) electrons. The SMILES string of the molecule is CC1\C=C/C=C/C=c2/cccc/c2=C/N1C. The van der Waals surface area contributed by atoms with Crippen molar-refractivity contribution in [3.8, 4) is 0 Å². The lowest BCUT2D eigenvalue weighted by molar-refractivity contribution is 0.444. The van der Waals surface area contributed by atoms with Crippen molar-refractivity contribution in [1.29, 1.82) is 0 Å². The van der Waals surface area contributed by atoms with Crippen LogP contribution in [0, 0.1) is 0 Å². The molecule has 1 atom stereocenters. The Balaban J connectivity index is 2.62. The van der Waals surface area contributed by atoms with Crippen LogP contribution >= 0.6 is 0 Å². The molecule has 1 aliphatic heterocycles. The maximum atomic E-state index is 2.22. The minimum absolute atomic E-state index is 0.413. The van der Waals surface area contributed by atoms with Gasteiger partial charge in [0.25, 0.3) is 0 Å². The summed E-state index contributed by atoms with van der Waals surface area (Å²) in [7, 11) is 2.11. The number of hydrogen-bond donors (Lipinski definition) is 0. The zero-order valence-electron chi connectivity index (χ0n) is 9.80. The zero-order valence-corrected chi connectivity index (χ0v) is 9.80. The van der Waals surface area contributed by atoms with Crippen LogP contribution in [0.15, 0.2) is 48.6 Å². The standard InChI is InChI=1S/C15H17N/c1-13-8-4-3-5-9-14-10-6-7-11-15(14)12-16(13)2/h3-13H,1-2H3/b5-3+,8-4-,14-9-,15-12-. The van der Waals surface area contributed by atoms with Crippen molar-refractivity contribution in [2.75, 3.05) is 7.05 Å². The summed E-state index contributed by atoms with van der Waals surface area (Å²) >= 11 is 0. The summed E-state index contributed by atoms with van der Waals surface area (Å²) < 4.78 is 0. The van der Waals surface area contributed by atoms with Crippen LogP contribution in [0.5, 0.6) is 0 Å². The van der Waals surface area contributed by atoms with Crippen LogP contribution in [0.4, 0.5) is 0 Å². The largest absolute Gasteiger partial charge is 0.374 e. The summed E-state index contributed by atoms with van der Waals surface area (Å²) in [5, 5.41) is 2.52. The third-order valence-corrected chi connectivity index (χ3v) is 2.87. The fraction of sp³-hybridized carbons (Fsp3) is 0.200. The molecule has 0 fully saturated rings. The summed E-state index contributed by atoms with van der Waals surface area (Å²) in [6.45, 7) is 2.19. The van der Waals surface area contributed by atoms with E-state index in [0.29, 0.717) is 6.04 Å². The van der Waals surface area contributed by atoms with Crippen molar-refractivity contribution < 1.29 is 0 Å². The minimum Gasteiger partial charge on any atom is -0.374 e. The lowest BCUT2D eigenvalue weighted by Gasteiger charge is -2.19. The molecule has 1 heteroatoms. The van der Waals surface area contributed by atoms with Gasteiger partial charge in [-0.1, -0.05) is 54.6 Å². The van der Waals surface area contributed by atoms with Gasteiger partial charge in [-0.15, -0.1) is 0 Å². The van der Waals surface area contributed by atoms with Gasteiger partial charge in [0.2, 0.25) is 0 Å². The van der Waals surface area contributed by atoms with Crippen molar-refractivity contribution in [3.63, 3.8) is 0 Å². The van der Waals surface area contributed by atoms with Crippen molar-refractivity contribution in [1.82, 2.24) is 4.90 Å². The quantitative estimate of drug-likeness (QED) is 0.631. The number of fused-ring (bicyclic) bond motifs is 1. The molecule has 0 bridgehead atoms. The van der Waals surface area contributed by atoms with Crippen LogP contribution in [0.3, 0.4) is 0 Å². The lowest BCUT2D eigenvalue weighted by atomic mass is 10.2. The first kappa shape index (κ1) is 10.7. The summed E-state index contributed by atoms with van der Waals surface area (Å²) in [4.78, 5) is 2.22. The Morgan fingerprint density at radius 1 is 1.00 bits per heavy atom. The molecule has 1 heterocycles. The molecule has 0 aromatic heterocycles. The smallest absolute Gasteiger partial charge is 0.0439 e. The van der Waals surface area contributed by atoms with Crippen LogP contribution in [0.1, 0.15) is 6.92 Å². The lowest BCUT2D eigenvalue weighted by Crippen LogP contribution is -2.30. The van der Waals surface area contributed by atoms with E-state index in [1.165, 1.54) is 10.4 Å². The first-order chi connectivity index (χ1) is 7.77. The molecule has 0 amide bonds. The summed E-state index contributed by atoms with van der Waals surface area (Å²) in [6.07, 6.45) is 12.8. The number of rotatable bonds is 0. The van der Waals surface area contributed by atoms with E-state index in [9.17, 15) is 0 Å². The van der Waals surface area contributed by atoms with E-state index in [1.807, 2.05) is 0 Å². The third-order valence-electron chi connectivity index (χ3n) is 2.87. The first-order valence-electron chi connectivity index (χ1n) is 5.61. The topological polar surface area (TPSA) is 3.24 Å². The molecule has 16 heavy (non-hydrogen) atoms. The van der Waals surface area contributed by atoms with Gasteiger partial charge in [0.1, 0.15) is 0 Å². The van der Waals surface area contributed by atoms with Crippen LogP contribution < -0.4 is 10.4 Å². The minimum atomic E-state index is 0.413. The van der Waals surface area contributed by atoms with E-state index in [2.05, 4.69) is 79.7 Å². The maximum Gasteiger partial charge on any atom is 0.0439 e. The van der Waals surface area contributed by atoms with Gasteiger partial charge in [0.15, 0.2) is 0 Å². The van der Waals surface area contributed by atoms with E-state index < -0.39 is 0 Å². The van der Waals surface area contributed by atoms with Gasteiger partial charge in [-0.05, 0) is 17.4 Å². The Morgan fingerprint density at radius 3 is 2.56 bits per heavy atom. The Morgan fingerprint density at radius 2 is 1.75 bits per heavy atom. The first-order valence-corrected chi connectivity index (χ1v) is 5.61. The average molecular weight is 211 g/mol. The normalized spacial score (nSPS) is 27.9. The van der Waals surface area contributed by atoms with Gasteiger partial charge in [-0.25, -0.2) is 0 Å². The van der Waals surface area contributed by atoms with Crippen molar-refractivity contribution in [2.45, 2.75) is 13.0 Å². The van der Waals surface area contributed by atoms with Crippen LogP contribution in [-0.2, 0) is 0 Å². The van der Waals surface area contributed by atoms with E-state index in [-0.39, 0.29) is 0 Å². The fourth-order valence-corrected chi connectivity index (χ4v) is 1.70. The number of nitrogens with zero attached hydrogens (tertiary/aromatic N) is 1. The molecule has 0 N–H and O–H groups in total. The van der Waals surface area contributed by atoms with Gasteiger partial charge in [-0.2, -0.15) is 0 Å². The molecule has 82 valence electrons. The predicted molar refractivity (Wildman–Crippen MR) is 70.1 cm³/mol. The number of benzene rings is 1. The van der Waals surface area contributed by atoms with Gasteiger partial charge >= 0.3 is 0 Å². The van der Waals surface area contributed by atoms with E-state index in [1.54, 1.807) is 0 Å². The highest BCUT2D eigenvalue weighted by Gasteiger charge is 1.99. The predicted octanol–water partition coefficient (Wildman–Crippen LogP) is 1.65. The Labute approximate surface area is 96.7 Å². The third kappa shape index (κ3) is 2.43. The molecule has 0 saturated heterocycles. The summed E-state index contributed by atoms with van der Waals surface area (Å²) in [5.41, 5.74) is 0. The molecule has 0 spiro atoms. The Kier molecular flexibility index (Phi) is 3.25. The van der Waals surface area contributed by atoms with E-state index in [0.717, 1.165) is 0 Å². The second-order valence-electron chi connectivity index (χ2n) is 4.10. The molecule has 1 nitrogen and oxygen atoms in total. The average Bonchev–Trinajstić information content (AvgIpc) is 2.30. The van der Waals surface area contributed by atoms with Crippen molar-refractivity contribution >= 4 is 12.3 Å². The van der Waals surface area contributed by atoms with Crippen molar-refractivity contribution in [2.24, 2.45) is 0 Å². The Hall–Kier alpha value is -1.76. The molecule has 2 rings (SSSR count). The molecule has 1 aromatic rings. The van der Waals surface area contributed by atoms with Gasteiger partial charge in [-0.3, -0.25) is 0 Å². The van der Waals surface area contributed by atoms with Crippen LogP contribution in [-0.4, -0.2) is 18.0 Å². The highest BCUT2D eigenvalue weighted by molar-refractivity contribution is 5.41. The van der Waals surface area contributed by atoms with Crippen LogP contribution in [0.25, 0.3) is 12.3 Å². The van der Waals surface area contributed by atoms with Gasteiger partial charge in [0, 0.05) is 19.3 Å². The number of likely N-dealkylation sites (N-methyl/N-ethyl adjacent to an activating group) is 1. The highest BCUT2D eigenvalue weighted by atomic mass is 15.1. The molecule has 1 aliphatic rings. The van der Waals surface area contributed by atoms with Crippen molar-refractivity contribution in [3.05, 3.63) is 59.0 Å². The van der Waals surface area contributed by atoms with E-state index >= 15 is 0 Å². The summed E-state index contributed by atoms with van der Waals surface area (Å²) in [6, 6.07) is 8.85. The highest BCUT2D eigenvalue weighted by Crippen LogP contribution is 1.98. The number of hydrogen-bond acceptors (Lipinski definition) is 1. The van der Waals surface area contributed by atoms with Crippen LogP contribution in [0.2, 0.25) is 0 Å². The Bertz CT molecular complexity index is 523. The van der Waals surface area contributed by atoms with Gasteiger partial charge < -0.3 is 4.90 Å². The number of allylic oxidation sites excluding steroid dienone is 3. The molecule has 1 aromatic carbocycles. The summed E-state index contributed by atoms with van der Waals surface area (Å²) in [5.74, 6) is 0. The van der Waals surface area contributed by atoms with Gasteiger partial charge in [0.05, 0.1) is 0 Å². The molecule has 1 unspecified atom stereocenters. The molecule has 0 aliphatic carbocycles. The monoisotopic (exact) mass is 211 g/mol. The van der Waals surface area contributed by atoms with E-state index in [4.69, 9.17) is 0 Å². The molecular weight excluding hydrogens is 194 g/mol. The zero-order chi connectivity index (χ0) is 11.4. The molecular formula is C15H17N. The fourth-order valence-electron chi connectivity index (χ4n) is 1.70.